The molecule has 1 aromatic carbocycles. The Morgan fingerprint density at radius 1 is 1.29 bits per heavy atom. The van der Waals surface area contributed by atoms with Crippen LogP contribution in [0.25, 0.3) is 10.2 Å². The van der Waals surface area contributed by atoms with Crippen LogP contribution in [0.4, 0.5) is 5.69 Å². The second-order valence-corrected chi connectivity index (χ2v) is 6.96. The predicted molar refractivity (Wildman–Crippen MR) is 95.2 cm³/mol. The van der Waals surface area contributed by atoms with Gasteiger partial charge < -0.3 is 5.32 Å². The summed E-state index contributed by atoms with van der Waals surface area (Å²) in [6.45, 7) is 4.36. The number of aromatic nitrogens is 1. The van der Waals surface area contributed by atoms with Crippen molar-refractivity contribution in [3.05, 3.63) is 57.5 Å². The first-order valence-corrected chi connectivity index (χ1v) is 8.72. The molecular formula is C17H17BrN2S. The average molecular weight is 361 g/mol. The van der Waals surface area contributed by atoms with Crippen molar-refractivity contribution in [1.82, 2.24) is 4.98 Å². The van der Waals surface area contributed by atoms with E-state index in [2.05, 4.69) is 75.8 Å². The van der Waals surface area contributed by atoms with Gasteiger partial charge in [-0.25, -0.2) is 0 Å². The molecule has 0 fully saturated rings. The normalized spacial score (nSPS) is 12.5. The Balaban J connectivity index is 1.86. The van der Waals surface area contributed by atoms with E-state index in [-0.39, 0.29) is 6.04 Å². The van der Waals surface area contributed by atoms with Crippen LogP contribution >= 0.6 is 27.3 Å². The third-order valence-electron chi connectivity index (χ3n) is 3.64. The zero-order valence-corrected chi connectivity index (χ0v) is 14.5. The van der Waals surface area contributed by atoms with Crippen LogP contribution in [0.1, 0.15) is 31.0 Å². The van der Waals surface area contributed by atoms with Crippen LogP contribution in [0, 0.1) is 0 Å². The third kappa shape index (κ3) is 3.11. The van der Waals surface area contributed by atoms with Crippen LogP contribution < -0.4 is 5.32 Å². The maximum Gasteiger partial charge on any atom is 0.0809 e. The lowest BCUT2D eigenvalue weighted by molar-refractivity contribution is 0.875. The second-order valence-electron chi connectivity index (χ2n) is 5.09. The lowest BCUT2D eigenvalue weighted by Crippen LogP contribution is -2.08. The fourth-order valence-corrected chi connectivity index (χ4v) is 3.61. The highest BCUT2D eigenvalue weighted by Crippen LogP contribution is 2.28. The summed E-state index contributed by atoms with van der Waals surface area (Å²) in [5.41, 5.74) is 4.81. The van der Waals surface area contributed by atoms with Gasteiger partial charge in [0.1, 0.15) is 0 Å². The SMILES string of the molecule is CCc1cc(Br)ccc1NC(C)c1cnc2ccsc2c1. The summed E-state index contributed by atoms with van der Waals surface area (Å²) in [6.07, 6.45) is 2.98. The van der Waals surface area contributed by atoms with Crippen LogP contribution in [0.3, 0.4) is 0 Å². The maximum absolute atomic E-state index is 4.52. The molecule has 1 atom stereocenters. The van der Waals surface area contributed by atoms with Crippen LogP contribution in [-0.2, 0) is 6.42 Å². The van der Waals surface area contributed by atoms with Gasteiger partial charge in [-0.15, -0.1) is 11.3 Å². The molecule has 0 aliphatic rings. The van der Waals surface area contributed by atoms with Crippen molar-refractivity contribution in [2.75, 3.05) is 5.32 Å². The van der Waals surface area contributed by atoms with Gasteiger partial charge in [0.05, 0.1) is 16.3 Å². The minimum absolute atomic E-state index is 0.232. The van der Waals surface area contributed by atoms with E-state index < -0.39 is 0 Å². The lowest BCUT2D eigenvalue weighted by Gasteiger charge is -2.18. The van der Waals surface area contributed by atoms with Gasteiger partial charge >= 0.3 is 0 Å². The Morgan fingerprint density at radius 3 is 2.95 bits per heavy atom. The molecule has 3 rings (SSSR count). The molecule has 0 bridgehead atoms. The molecule has 4 heteroatoms. The van der Waals surface area contributed by atoms with Gasteiger partial charge in [-0.2, -0.15) is 0 Å². The first kappa shape index (κ1) is 14.5. The fourth-order valence-electron chi connectivity index (χ4n) is 2.41. The number of hydrogen-bond donors (Lipinski definition) is 1. The van der Waals surface area contributed by atoms with E-state index in [1.807, 2.05) is 6.20 Å². The first-order chi connectivity index (χ1) is 10.2. The zero-order chi connectivity index (χ0) is 14.8. The molecular weight excluding hydrogens is 344 g/mol. The molecule has 0 spiro atoms. The predicted octanol–water partition coefficient (Wildman–Crippen LogP) is 5.79. The molecule has 3 aromatic rings. The molecule has 21 heavy (non-hydrogen) atoms. The van der Waals surface area contributed by atoms with Gasteiger partial charge in [-0.05, 0) is 60.2 Å². The Hall–Kier alpha value is -1.39. The number of halogens is 1. The fraction of sp³-hybridized carbons (Fsp3) is 0.235. The number of nitrogens with zero attached hydrogens (tertiary/aromatic N) is 1. The summed E-state index contributed by atoms with van der Waals surface area (Å²) in [6, 6.07) is 10.9. The maximum atomic E-state index is 4.52. The summed E-state index contributed by atoms with van der Waals surface area (Å²) in [4.78, 5) is 4.52. The largest absolute Gasteiger partial charge is 0.378 e. The summed E-state index contributed by atoms with van der Waals surface area (Å²) in [5, 5.41) is 5.69. The molecule has 2 heterocycles. The van der Waals surface area contributed by atoms with Crippen molar-refractivity contribution in [2.45, 2.75) is 26.3 Å². The summed E-state index contributed by atoms with van der Waals surface area (Å²) >= 11 is 5.27. The van der Waals surface area contributed by atoms with Crippen molar-refractivity contribution in [3.8, 4) is 0 Å². The molecule has 0 aliphatic heterocycles. The Morgan fingerprint density at radius 2 is 2.14 bits per heavy atom. The highest BCUT2D eigenvalue weighted by molar-refractivity contribution is 9.10. The lowest BCUT2D eigenvalue weighted by atomic mass is 10.1. The van der Waals surface area contributed by atoms with Gasteiger partial charge in [0.25, 0.3) is 0 Å². The van der Waals surface area contributed by atoms with E-state index in [0.717, 1.165) is 16.4 Å². The quantitative estimate of drug-likeness (QED) is 0.636. The summed E-state index contributed by atoms with van der Waals surface area (Å²) < 4.78 is 2.37. The standard InChI is InChI=1S/C17H17BrN2S/c1-3-12-8-14(18)4-5-15(12)20-11(2)13-9-17-16(19-10-13)6-7-21-17/h4-11,20H,3H2,1-2H3. The van der Waals surface area contributed by atoms with Crippen molar-refractivity contribution >= 4 is 43.2 Å². The molecule has 2 aromatic heterocycles. The van der Waals surface area contributed by atoms with E-state index in [9.17, 15) is 0 Å². The van der Waals surface area contributed by atoms with E-state index in [4.69, 9.17) is 0 Å². The molecule has 1 unspecified atom stereocenters. The van der Waals surface area contributed by atoms with Gasteiger partial charge in [0, 0.05) is 16.4 Å². The minimum atomic E-state index is 0.232. The highest BCUT2D eigenvalue weighted by atomic mass is 79.9. The smallest absolute Gasteiger partial charge is 0.0809 e. The number of nitrogens with one attached hydrogen (secondary N) is 1. The molecule has 0 aliphatic carbocycles. The number of thiophene rings is 1. The monoisotopic (exact) mass is 360 g/mol. The van der Waals surface area contributed by atoms with Crippen LogP contribution in [-0.4, -0.2) is 4.98 Å². The number of hydrogen-bond acceptors (Lipinski definition) is 3. The molecule has 1 N–H and O–H groups in total. The molecule has 0 amide bonds. The number of pyridine rings is 1. The zero-order valence-electron chi connectivity index (χ0n) is 12.1. The van der Waals surface area contributed by atoms with Crippen molar-refractivity contribution in [2.24, 2.45) is 0 Å². The van der Waals surface area contributed by atoms with Gasteiger partial charge in [-0.3, -0.25) is 4.98 Å². The minimum Gasteiger partial charge on any atom is -0.378 e. The summed E-state index contributed by atoms with van der Waals surface area (Å²) in [5.74, 6) is 0. The topological polar surface area (TPSA) is 24.9 Å². The van der Waals surface area contributed by atoms with E-state index in [1.54, 1.807) is 11.3 Å². The highest BCUT2D eigenvalue weighted by Gasteiger charge is 2.10. The van der Waals surface area contributed by atoms with Crippen molar-refractivity contribution in [3.63, 3.8) is 0 Å². The van der Waals surface area contributed by atoms with E-state index >= 15 is 0 Å². The number of rotatable bonds is 4. The Kier molecular flexibility index (Phi) is 4.27. The van der Waals surface area contributed by atoms with Crippen LogP contribution in [0.2, 0.25) is 0 Å². The van der Waals surface area contributed by atoms with Crippen LogP contribution in [0.5, 0.6) is 0 Å². The Bertz CT molecular complexity index is 766. The van der Waals surface area contributed by atoms with Crippen LogP contribution in [0.15, 0.2) is 46.4 Å². The average Bonchev–Trinajstić information content (AvgIpc) is 2.96. The summed E-state index contributed by atoms with van der Waals surface area (Å²) in [7, 11) is 0. The third-order valence-corrected chi connectivity index (χ3v) is 4.99. The first-order valence-electron chi connectivity index (χ1n) is 7.05. The van der Waals surface area contributed by atoms with Crippen molar-refractivity contribution in [1.29, 1.82) is 0 Å². The van der Waals surface area contributed by atoms with Crippen molar-refractivity contribution < 1.29 is 0 Å². The molecule has 0 saturated heterocycles. The number of anilines is 1. The number of benzene rings is 1. The van der Waals surface area contributed by atoms with E-state index in [1.165, 1.54) is 21.5 Å². The number of fused-ring (bicyclic) bond motifs is 1. The van der Waals surface area contributed by atoms with Gasteiger partial charge in [-0.1, -0.05) is 22.9 Å². The Labute approximate surface area is 137 Å². The number of aryl methyl sites for hydroxylation is 1. The van der Waals surface area contributed by atoms with E-state index in [0.29, 0.717) is 0 Å². The molecule has 108 valence electrons. The molecule has 2 nitrogen and oxygen atoms in total. The molecule has 0 radical (unpaired) electrons. The van der Waals surface area contributed by atoms with Gasteiger partial charge in [0.15, 0.2) is 0 Å². The van der Waals surface area contributed by atoms with Gasteiger partial charge in [0.2, 0.25) is 0 Å². The molecule has 0 saturated carbocycles. The second kappa shape index (κ2) is 6.16.